The SMILES string of the molecule is C/N=C\c1cccc(C)c1. The summed E-state index contributed by atoms with van der Waals surface area (Å²) in [6.07, 6.45) is 1.85. The zero-order chi connectivity index (χ0) is 7.40. The van der Waals surface area contributed by atoms with E-state index in [1.54, 1.807) is 7.05 Å². The minimum atomic E-state index is 1.17. The van der Waals surface area contributed by atoms with E-state index in [-0.39, 0.29) is 0 Å². The third-order valence-corrected chi connectivity index (χ3v) is 1.32. The summed E-state index contributed by atoms with van der Waals surface area (Å²) in [6.45, 7) is 2.08. The van der Waals surface area contributed by atoms with Crippen LogP contribution in [0, 0.1) is 6.92 Å². The van der Waals surface area contributed by atoms with Crippen LogP contribution in [0.3, 0.4) is 0 Å². The van der Waals surface area contributed by atoms with Crippen molar-refractivity contribution in [1.29, 1.82) is 0 Å². The van der Waals surface area contributed by atoms with E-state index < -0.39 is 0 Å². The molecule has 0 spiro atoms. The Hall–Kier alpha value is -1.11. The lowest BCUT2D eigenvalue weighted by Gasteiger charge is -1.92. The van der Waals surface area contributed by atoms with Crippen LogP contribution in [0.2, 0.25) is 0 Å². The molecule has 0 radical (unpaired) electrons. The molecule has 0 unspecified atom stereocenters. The molecule has 1 heteroatoms. The number of hydrogen-bond donors (Lipinski definition) is 0. The molecule has 0 heterocycles. The molecular formula is C9H11N. The fourth-order valence-corrected chi connectivity index (χ4v) is 0.899. The van der Waals surface area contributed by atoms with Gasteiger partial charge < -0.3 is 0 Å². The fraction of sp³-hybridized carbons (Fsp3) is 0.222. The standard InChI is InChI=1S/C9H11N/c1-8-4-3-5-9(6-8)7-10-2/h3-7H,1-2H3/b10-7-. The summed E-state index contributed by atoms with van der Waals surface area (Å²) in [4.78, 5) is 3.92. The number of aryl methyl sites for hydroxylation is 1. The maximum Gasteiger partial charge on any atom is 0.0281 e. The quantitative estimate of drug-likeness (QED) is 0.520. The summed E-state index contributed by atoms with van der Waals surface area (Å²) in [5, 5.41) is 0. The second-order valence-electron chi connectivity index (χ2n) is 2.30. The summed E-state index contributed by atoms with van der Waals surface area (Å²) in [5.74, 6) is 0. The minimum absolute atomic E-state index is 1.17. The van der Waals surface area contributed by atoms with Crippen LogP contribution in [0.5, 0.6) is 0 Å². The molecule has 0 saturated carbocycles. The Morgan fingerprint density at radius 1 is 1.40 bits per heavy atom. The normalized spacial score (nSPS) is 10.6. The Morgan fingerprint density at radius 3 is 2.80 bits per heavy atom. The van der Waals surface area contributed by atoms with Crippen molar-refractivity contribution < 1.29 is 0 Å². The zero-order valence-electron chi connectivity index (χ0n) is 6.33. The van der Waals surface area contributed by atoms with Gasteiger partial charge in [0, 0.05) is 13.3 Å². The molecule has 1 rings (SSSR count). The van der Waals surface area contributed by atoms with Crippen LogP contribution in [-0.2, 0) is 0 Å². The van der Waals surface area contributed by atoms with E-state index in [0.29, 0.717) is 0 Å². The topological polar surface area (TPSA) is 12.4 Å². The minimum Gasteiger partial charge on any atom is -0.296 e. The monoisotopic (exact) mass is 133 g/mol. The van der Waals surface area contributed by atoms with Gasteiger partial charge in [-0.05, 0) is 12.5 Å². The predicted octanol–water partition coefficient (Wildman–Crippen LogP) is 2.04. The lowest BCUT2D eigenvalue weighted by Crippen LogP contribution is -1.80. The van der Waals surface area contributed by atoms with Crippen molar-refractivity contribution in [3.63, 3.8) is 0 Å². The van der Waals surface area contributed by atoms with Gasteiger partial charge in [-0.2, -0.15) is 0 Å². The van der Waals surface area contributed by atoms with Gasteiger partial charge in [-0.15, -0.1) is 0 Å². The Bertz CT molecular complexity index is 238. The van der Waals surface area contributed by atoms with Crippen LogP contribution in [0.15, 0.2) is 29.3 Å². The first-order valence-electron chi connectivity index (χ1n) is 3.32. The number of aliphatic imine (C=N–C) groups is 1. The molecule has 0 aliphatic carbocycles. The van der Waals surface area contributed by atoms with E-state index in [1.807, 2.05) is 18.3 Å². The summed E-state index contributed by atoms with van der Waals surface area (Å²) in [7, 11) is 1.78. The lowest BCUT2D eigenvalue weighted by atomic mass is 10.2. The molecule has 0 saturated heterocycles. The van der Waals surface area contributed by atoms with Crippen molar-refractivity contribution in [1.82, 2.24) is 0 Å². The first-order valence-corrected chi connectivity index (χ1v) is 3.32. The van der Waals surface area contributed by atoms with Crippen molar-refractivity contribution in [2.75, 3.05) is 7.05 Å². The predicted molar refractivity (Wildman–Crippen MR) is 44.7 cm³/mol. The van der Waals surface area contributed by atoms with Gasteiger partial charge in [0.25, 0.3) is 0 Å². The van der Waals surface area contributed by atoms with Crippen molar-refractivity contribution in [3.05, 3.63) is 35.4 Å². The molecule has 1 aromatic rings. The van der Waals surface area contributed by atoms with Gasteiger partial charge in [0.2, 0.25) is 0 Å². The van der Waals surface area contributed by atoms with E-state index >= 15 is 0 Å². The van der Waals surface area contributed by atoms with Gasteiger partial charge in [-0.3, -0.25) is 4.99 Å². The van der Waals surface area contributed by atoms with Crippen LogP contribution in [0.25, 0.3) is 0 Å². The molecule has 1 nitrogen and oxygen atoms in total. The van der Waals surface area contributed by atoms with Gasteiger partial charge in [0.1, 0.15) is 0 Å². The number of rotatable bonds is 1. The van der Waals surface area contributed by atoms with Crippen LogP contribution >= 0.6 is 0 Å². The largest absolute Gasteiger partial charge is 0.296 e. The second kappa shape index (κ2) is 3.16. The smallest absolute Gasteiger partial charge is 0.0281 e. The second-order valence-corrected chi connectivity index (χ2v) is 2.30. The molecule has 0 fully saturated rings. The van der Waals surface area contributed by atoms with Gasteiger partial charge in [0.05, 0.1) is 0 Å². The highest BCUT2D eigenvalue weighted by atomic mass is 14.6. The highest BCUT2D eigenvalue weighted by molar-refractivity contribution is 5.79. The third kappa shape index (κ3) is 1.69. The first-order chi connectivity index (χ1) is 4.83. The summed E-state index contributed by atoms with van der Waals surface area (Å²) in [6, 6.07) is 8.26. The van der Waals surface area contributed by atoms with Crippen LogP contribution < -0.4 is 0 Å². The summed E-state index contributed by atoms with van der Waals surface area (Å²) in [5.41, 5.74) is 2.44. The molecule has 52 valence electrons. The highest BCUT2D eigenvalue weighted by Crippen LogP contribution is 2.00. The number of hydrogen-bond acceptors (Lipinski definition) is 1. The van der Waals surface area contributed by atoms with E-state index in [2.05, 4.69) is 24.0 Å². The van der Waals surface area contributed by atoms with Gasteiger partial charge in [0.15, 0.2) is 0 Å². The highest BCUT2D eigenvalue weighted by Gasteiger charge is 1.85. The van der Waals surface area contributed by atoms with Gasteiger partial charge in [-0.25, -0.2) is 0 Å². The maximum atomic E-state index is 3.92. The average Bonchev–Trinajstić information content (AvgIpc) is 1.88. The molecule has 0 aromatic heterocycles. The van der Waals surface area contributed by atoms with Crippen molar-refractivity contribution in [3.8, 4) is 0 Å². The van der Waals surface area contributed by atoms with E-state index in [1.165, 1.54) is 11.1 Å². The molecular weight excluding hydrogens is 122 g/mol. The van der Waals surface area contributed by atoms with Crippen molar-refractivity contribution in [2.45, 2.75) is 6.92 Å². The summed E-state index contributed by atoms with van der Waals surface area (Å²) < 4.78 is 0. The number of benzene rings is 1. The molecule has 0 aliphatic heterocycles. The van der Waals surface area contributed by atoms with Gasteiger partial charge >= 0.3 is 0 Å². The molecule has 0 amide bonds. The maximum absolute atomic E-state index is 3.92. The summed E-state index contributed by atoms with van der Waals surface area (Å²) >= 11 is 0. The lowest BCUT2D eigenvalue weighted by molar-refractivity contribution is 1.43. The molecule has 0 aliphatic rings. The Kier molecular flexibility index (Phi) is 2.21. The molecule has 0 N–H and O–H groups in total. The Labute approximate surface area is 61.4 Å². The molecule has 0 bridgehead atoms. The van der Waals surface area contributed by atoms with Crippen molar-refractivity contribution >= 4 is 6.21 Å². The van der Waals surface area contributed by atoms with Crippen LogP contribution in [-0.4, -0.2) is 13.3 Å². The van der Waals surface area contributed by atoms with Gasteiger partial charge in [-0.1, -0.05) is 29.8 Å². The van der Waals surface area contributed by atoms with Crippen LogP contribution in [0.1, 0.15) is 11.1 Å². The molecule has 0 atom stereocenters. The van der Waals surface area contributed by atoms with E-state index in [0.717, 1.165) is 0 Å². The van der Waals surface area contributed by atoms with Crippen molar-refractivity contribution in [2.24, 2.45) is 4.99 Å². The molecule has 1 aromatic carbocycles. The van der Waals surface area contributed by atoms with Crippen LogP contribution in [0.4, 0.5) is 0 Å². The number of nitrogens with zero attached hydrogens (tertiary/aromatic N) is 1. The zero-order valence-corrected chi connectivity index (χ0v) is 6.33. The first kappa shape index (κ1) is 7.00. The van der Waals surface area contributed by atoms with E-state index in [9.17, 15) is 0 Å². The van der Waals surface area contributed by atoms with E-state index in [4.69, 9.17) is 0 Å². The average molecular weight is 133 g/mol. The third-order valence-electron chi connectivity index (χ3n) is 1.32. The Morgan fingerprint density at radius 2 is 2.20 bits per heavy atom. The molecule has 10 heavy (non-hydrogen) atoms. The Balaban J connectivity index is 2.95. The fourth-order valence-electron chi connectivity index (χ4n) is 0.899.